The van der Waals surface area contributed by atoms with Crippen molar-refractivity contribution < 1.29 is 0 Å². The molecule has 0 amide bonds. The molecule has 0 saturated carbocycles. The molecule has 6 aromatic carbocycles. The van der Waals surface area contributed by atoms with Gasteiger partial charge < -0.3 is 9.13 Å². The summed E-state index contributed by atoms with van der Waals surface area (Å²) in [5, 5.41) is 7.15. The van der Waals surface area contributed by atoms with E-state index >= 15 is 0 Å². The molecule has 0 fully saturated rings. The summed E-state index contributed by atoms with van der Waals surface area (Å²) in [6.07, 6.45) is 0. The predicted octanol–water partition coefficient (Wildman–Crippen LogP) is 10.8. The van der Waals surface area contributed by atoms with E-state index in [0.717, 1.165) is 27.5 Å². The first-order valence-corrected chi connectivity index (χ1v) is 14.5. The van der Waals surface area contributed by atoms with Crippen LogP contribution in [0.5, 0.6) is 0 Å². The van der Waals surface area contributed by atoms with Crippen LogP contribution in [0, 0.1) is 6.57 Å². The predicted molar refractivity (Wildman–Crippen MR) is 174 cm³/mol. The number of hydrogen-bond acceptors (Lipinski definition) is 1. The molecule has 3 heterocycles. The van der Waals surface area contributed by atoms with Crippen LogP contribution in [0.25, 0.3) is 80.0 Å². The molecular weight excluding hydrogens is 518 g/mol. The minimum atomic E-state index is 0.687. The maximum atomic E-state index is 7.80. The largest absolute Gasteiger partial charge is 0.311 e. The van der Waals surface area contributed by atoms with E-state index in [1.54, 1.807) is 0 Å². The van der Waals surface area contributed by atoms with E-state index < -0.39 is 0 Å². The quantitative estimate of drug-likeness (QED) is 0.194. The molecule has 190 valence electrons. The summed E-state index contributed by atoms with van der Waals surface area (Å²) in [7, 11) is 0. The minimum Gasteiger partial charge on any atom is -0.311 e. The van der Waals surface area contributed by atoms with Gasteiger partial charge in [-0.3, -0.25) is 0 Å². The van der Waals surface area contributed by atoms with Crippen LogP contribution in [-0.4, -0.2) is 9.13 Å². The van der Waals surface area contributed by atoms with Crippen molar-refractivity contribution in [2.75, 3.05) is 0 Å². The van der Waals surface area contributed by atoms with E-state index in [1.807, 2.05) is 23.5 Å². The second-order valence-electron chi connectivity index (χ2n) is 10.5. The standard InChI is InChI=1S/C37H21N3S/c1-38-30-12-8-15-34-37(30)27-11-3-6-14-32(27)40(34)23-17-19-33-28(21-23)25-9-2-5-13-31(25)39(33)24-18-20-36-29(22-24)26-10-4-7-16-35(26)41-36/h2-22H. The highest BCUT2D eigenvalue weighted by Crippen LogP contribution is 2.41. The molecule has 0 unspecified atom stereocenters. The lowest BCUT2D eigenvalue weighted by molar-refractivity contribution is 1.17. The highest BCUT2D eigenvalue weighted by molar-refractivity contribution is 7.25. The van der Waals surface area contributed by atoms with Gasteiger partial charge in [-0.2, -0.15) is 0 Å². The highest BCUT2D eigenvalue weighted by atomic mass is 32.1. The summed E-state index contributed by atoms with van der Waals surface area (Å²) in [5.41, 5.74) is 7.47. The third-order valence-corrected chi connectivity index (χ3v) is 9.48. The summed E-state index contributed by atoms with van der Waals surface area (Å²) < 4.78 is 7.32. The van der Waals surface area contributed by atoms with Gasteiger partial charge in [-0.25, -0.2) is 4.85 Å². The van der Waals surface area contributed by atoms with Gasteiger partial charge in [0.2, 0.25) is 0 Å². The molecule has 0 aliphatic heterocycles. The van der Waals surface area contributed by atoms with E-state index in [1.165, 1.54) is 47.7 Å². The lowest BCUT2D eigenvalue weighted by Gasteiger charge is -2.11. The highest BCUT2D eigenvalue weighted by Gasteiger charge is 2.18. The fraction of sp³-hybridized carbons (Fsp3) is 0. The second kappa shape index (κ2) is 8.32. The monoisotopic (exact) mass is 539 g/mol. The Morgan fingerprint density at radius 3 is 1.88 bits per heavy atom. The summed E-state index contributed by atoms with van der Waals surface area (Å²) >= 11 is 1.85. The molecule has 0 aliphatic rings. The average Bonchev–Trinajstić information content (AvgIpc) is 3.68. The van der Waals surface area contributed by atoms with Gasteiger partial charge in [0.1, 0.15) is 0 Å². The Bertz CT molecular complexity index is 2550. The summed E-state index contributed by atoms with van der Waals surface area (Å²) in [5.74, 6) is 0. The van der Waals surface area contributed by atoms with Crippen LogP contribution in [0.3, 0.4) is 0 Å². The SMILES string of the molecule is [C-]#[N+]c1cccc2c1c1ccccc1n2-c1ccc2c(c1)c1ccccc1n2-c1ccc2sc3ccccc3c2c1. The van der Waals surface area contributed by atoms with Gasteiger partial charge in [0, 0.05) is 53.2 Å². The van der Waals surface area contributed by atoms with Gasteiger partial charge in [0.25, 0.3) is 0 Å². The molecule has 0 radical (unpaired) electrons. The fourth-order valence-electron chi connectivity index (χ4n) is 6.60. The zero-order valence-corrected chi connectivity index (χ0v) is 22.7. The number of fused-ring (bicyclic) bond motifs is 9. The molecule has 0 atom stereocenters. The molecule has 41 heavy (non-hydrogen) atoms. The van der Waals surface area contributed by atoms with E-state index in [4.69, 9.17) is 6.57 Å². The van der Waals surface area contributed by atoms with Crippen LogP contribution in [-0.2, 0) is 0 Å². The van der Waals surface area contributed by atoms with Gasteiger partial charge in [-0.05, 0) is 66.0 Å². The number of thiophene rings is 1. The van der Waals surface area contributed by atoms with Crippen molar-refractivity contribution in [2.45, 2.75) is 0 Å². The van der Waals surface area contributed by atoms with Crippen LogP contribution in [0.1, 0.15) is 0 Å². The van der Waals surface area contributed by atoms with Crippen molar-refractivity contribution >= 4 is 80.8 Å². The topological polar surface area (TPSA) is 14.2 Å². The Hall–Kier alpha value is -5.37. The van der Waals surface area contributed by atoms with Crippen molar-refractivity contribution in [2.24, 2.45) is 0 Å². The Morgan fingerprint density at radius 1 is 0.463 bits per heavy atom. The van der Waals surface area contributed by atoms with Gasteiger partial charge >= 0.3 is 0 Å². The van der Waals surface area contributed by atoms with Crippen molar-refractivity contribution in [3.63, 3.8) is 0 Å². The van der Waals surface area contributed by atoms with Crippen LogP contribution in [0.4, 0.5) is 5.69 Å². The molecule has 0 N–H and O–H groups in total. The Morgan fingerprint density at radius 2 is 1.05 bits per heavy atom. The normalized spacial score (nSPS) is 11.9. The van der Waals surface area contributed by atoms with Crippen LogP contribution >= 0.6 is 11.3 Å². The van der Waals surface area contributed by atoms with E-state index in [-0.39, 0.29) is 0 Å². The number of aromatic nitrogens is 2. The molecule has 9 rings (SSSR count). The first-order valence-electron chi connectivity index (χ1n) is 13.6. The number of rotatable bonds is 2. The summed E-state index contributed by atoms with van der Waals surface area (Å²) in [6.45, 7) is 7.80. The zero-order valence-electron chi connectivity index (χ0n) is 21.9. The number of para-hydroxylation sites is 2. The number of nitrogens with zero attached hydrogens (tertiary/aromatic N) is 3. The smallest absolute Gasteiger partial charge is 0.197 e. The maximum absolute atomic E-state index is 7.80. The van der Waals surface area contributed by atoms with E-state index in [9.17, 15) is 0 Å². The number of hydrogen-bond donors (Lipinski definition) is 0. The van der Waals surface area contributed by atoms with Crippen LogP contribution < -0.4 is 0 Å². The molecule has 0 aliphatic carbocycles. The number of benzene rings is 6. The molecule has 9 aromatic rings. The Kier molecular flexibility index (Phi) is 4.55. The molecule has 0 saturated heterocycles. The molecule has 3 aromatic heterocycles. The first kappa shape index (κ1) is 22.4. The Labute approximate surface area is 239 Å². The molecule has 0 spiro atoms. The van der Waals surface area contributed by atoms with Gasteiger partial charge in [-0.15, -0.1) is 11.3 Å². The molecule has 0 bridgehead atoms. The lowest BCUT2D eigenvalue weighted by atomic mass is 10.1. The van der Waals surface area contributed by atoms with E-state index in [2.05, 4.69) is 129 Å². The third-order valence-electron chi connectivity index (χ3n) is 8.33. The zero-order chi connectivity index (χ0) is 27.1. The molecule has 4 heteroatoms. The maximum Gasteiger partial charge on any atom is 0.197 e. The summed E-state index contributed by atoms with van der Waals surface area (Å²) in [4.78, 5) is 3.85. The lowest BCUT2D eigenvalue weighted by Crippen LogP contribution is -1.95. The summed E-state index contributed by atoms with van der Waals surface area (Å²) in [6, 6.07) is 45.4. The molecule has 3 nitrogen and oxygen atoms in total. The van der Waals surface area contributed by atoms with E-state index in [0.29, 0.717) is 5.69 Å². The van der Waals surface area contributed by atoms with Crippen molar-refractivity contribution in [1.82, 2.24) is 9.13 Å². The second-order valence-corrected chi connectivity index (χ2v) is 11.6. The molecular formula is C37H21N3S. The van der Waals surface area contributed by atoms with Crippen LogP contribution in [0.15, 0.2) is 127 Å². The fourth-order valence-corrected chi connectivity index (χ4v) is 7.69. The minimum absolute atomic E-state index is 0.687. The van der Waals surface area contributed by atoms with Crippen LogP contribution in [0.2, 0.25) is 0 Å². The first-order chi connectivity index (χ1) is 20.3. The van der Waals surface area contributed by atoms with Crippen molar-refractivity contribution in [1.29, 1.82) is 0 Å². The van der Waals surface area contributed by atoms with Crippen molar-refractivity contribution in [3.05, 3.63) is 139 Å². The van der Waals surface area contributed by atoms with Gasteiger partial charge in [0.15, 0.2) is 5.69 Å². The third kappa shape index (κ3) is 3.07. The van der Waals surface area contributed by atoms with Gasteiger partial charge in [-0.1, -0.05) is 66.7 Å². The van der Waals surface area contributed by atoms with Crippen molar-refractivity contribution in [3.8, 4) is 11.4 Å². The Balaban J connectivity index is 1.34. The van der Waals surface area contributed by atoms with Gasteiger partial charge in [0.05, 0.1) is 23.1 Å². The average molecular weight is 540 g/mol.